The second-order valence-electron chi connectivity index (χ2n) is 1.24. The van der Waals surface area contributed by atoms with E-state index in [1.54, 1.807) is 0 Å². The molecule has 0 unspecified atom stereocenters. The van der Waals surface area contributed by atoms with Crippen LogP contribution in [-0.4, -0.2) is 21.3 Å². The van der Waals surface area contributed by atoms with Crippen LogP contribution in [0.2, 0.25) is 0 Å². The van der Waals surface area contributed by atoms with Crippen molar-refractivity contribution < 1.29 is 20.1 Å². The van der Waals surface area contributed by atoms with E-state index < -0.39 is 17.5 Å². The van der Waals surface area contributed by atoms with Crippen LogP contribution < -0.4 is 0 Å². The molecule has 0 aromatic rings. The van der Waals surface area contributed by atoms with Gasteiger partial charge >= 0.3 is 5.97 Å². The molecular formula is C4H6O4. The Labute approximate surface area is 45.7 Å². The normalized spacial score (nSPS) is 12.6. The third-order valence-electron chi connectivity index (χ3n) is 0.545. The van der Waals surface area contributed by atoms with Crippen LogP contribution in [0.3, 0.4) is 0 Å². The van der Waals surface area contributed by atoms with Gasteiger partial charge in [-0.15, -0.1) is 0 Å². The van der Waals surface area contributed by atoms with Gasteiger partial charge in [-0.05, 0) is 6.92 Å². The number of carboxylic acids is 1. The molecule has 0 saturated carbocycles. The molecule has 0 saturated heterocycles. The first-order chi connectivity index (χ1) is 3.55. The largest absolute Gasteiger partial charge is 0.508 e. The van der Waals surface area contributed by atoms with E-state index in [0.29, 0.717) is 0 Å². The maximum absolute atomic E-state index is 9.67. The molecule has 0 rings (SSSR count). The molecule has 0 aromatic heterocycles. The highest BCUT2D eigenvalue weighted by Gasteiger charge is 2.06. The molecule has 0 radical (unpaired) electrons. The number of carbonyl (C=O) groups is 1. The van der Waals surface area contributed by atoms with E-state index >= 15 is 0 Å². The van der Waals surface area contributed by atoms with Gasteiger partial charge in [0.05, 0.1) is 0 Å². The Morgan fingerprint density at radius 1 is 1.25 bits per heavy atom. The fourth-order valence-electron chi connectivity index (χ4n) is 0.155. The molecule has 0 aliphatic heterocycles. The van der Waals surface area contributed by atoms with Crippen molar-refractivity contribution in [2.24, 2.45) is 0 Å². The first-order valence-electron chi connectivity index (χ1n) is 1.87. The van der Waals surface area contributed by atoms with Crippen molar-refractivity contribution >= 4 is 5.97 Å². The van der Waals surface area contributed by atoms with Crippen LogP contribution in [-0.2, 0) is 4.79 Å². The Hall–Kier alpha value is -1.19. The average Bonchev–Trinajstić information content (AvgIpc) is 1.64. The van der Waals surface area contributed by atoms with Crippen molar-refractivity contribution in [3.05, 3.63) is 11.5 Å². The standard InChI is InChI=1S/C4H6O4/c1-2(5)3(6)4(7)8/h5-6H,1H3,(H,7,8)/b3-2+. The fourth-order valence-corrected chi connectivity index (χ4v) is 0.155. The van der Waals surface area contributed by atoms with Crippen molar-refractivity contribution in [3.63, 3.8) is 0 Å². The Kier molecular flexibility index (Phi) is 1.88. The quantitative estimate of drug-likeness (QED) is 0.344. The summed E-state index contributed by atoms with van der Waals surface area (Å²) < 4.78 is 0. The molecule has 0 heterocycles. The third-order valence-corrected chi connectivity index (χ3v) is 0.545. The maximum Gasteiger partial charge on any atom is 0.374 e. The van der Waals surface area contributed by atoms with Gasteiger partial charge in [-0.1, -0.05) is 0 Å². The molecule has 0 aromatic carbocycles. The molecule has 8 heavy (non-hydrogen) atoms. The van der Waals surface area contributed by atoms with Gasteiger partial charge in [0.15, 0.2) is 0 Å². The molecule has 0 aliphatic carbocycles. The van der Waals surface area contributed by atoms with Crippen molar-refractivity contribution in [1.29, 1.82) is 0 Å². The minimum Gasteiger partial charge on any atom is -0.508 e. The van der Waals surface area contributed by atoms with Gasteiger partial charge in [0.25, 0.3) is 0 Å². The number of allylic oxidation sites excluding steroid dienone is 1. The summed E-state index contributed by atoms with van der Waals surface area (Å²) in [6.07, 6.45) is 0. The topological polar surface area (TPSA) is 77.8 Å². The minimum atomic E-state index is -1.52. The average molecular weight is 118 g/mol. The van der Waals surface area contributed by atoms with Crippen LogP contribution in [0.4, 0.5) is 0 Å². The molecule has 0 amide bonds. The van der Waals surface area contributed by atoms with Crippen LogP contribution >= 0.6 is 0 Å². The molecular weight excluding hydrogens is 112 g/mol. The van der Waals surface area contributed by atoms with Gasteiger partial charge < -0.3 is 15.3 Å². The zero-order valence-corrected chi connectivity index (χ0v) is 4.25. The van der Waals surface area contributed by atoms with Crippen LogP contribution in [0.1, 0.15) is 6.92 Å². The SMILES string of the molecule is C/C(O)=C(\O)C(=O)O. The number of aliphatic hydroxyl groups excluding tert-OH is 2. The zero-order valence-electron chi connectivity index (χ0n) is 4.25. The predicted molar refractivity (Wildman–Crippen MR) is 25.6 cm³/mol. The molecule has 4 nitrogen and oxygen atoms in total. The highest BCUT2D eigenvalue weighted by Crippen LogP contribution is 1.93. The Balaban J connectivity index is 4.23. The van der Waals surface area contributed by atoms with E-state index in [2.05, 4.69) is 0 Å². The number of aliphatic carboxylic acids is 1. The van der Waals surface area contributed by atoms with Crippen molar-refractivity contribution in [2.45, 2.75) is 6.92 Å². The van der Waals surface area contributed by atoms with E-state index in [1.165, 1.54) is 0 Å². The van der Waals surface area contributed by atoms with Crippen LogP contribution in [0.5, 0.6) is 0 Å². The summed E-state index contributed by atoms with van der Waals surface area (Å²) in [5.74, 6) is -3.12. The molecule has 0 fully saturated rings. The second-order valence-corrected chi connectivity index (χ2v) is 1.24. The van der Waals surface area contributed by atoms with Gasteiger partial charge in [0.2, 0.25) is 5.76 Å². The second kappa shape index (κ2) is 2.20. The molecule has 46 valence electrons. The Bertz CT molecular complexity index is 131. The first kappa shape index (κ1) is 6.81. The monoisotopic (exact) mass is 118 g/mol. The molecule has 4 heteroatoms. The van der Waals surface area contributed by atoms with Crippen LogP contribution in [0.25, 0.3) is 0 Å². The Morgan fingerprint density at radius 2 is 1.62 bits per heavy atom. The summed E-state index contributed by atoms with van der Waals surface area (Å²) in [7, 11) is 0. The smallest absolute Gasteiger partial charge is 0.374 e. The summed E-state index contributed by atoms with van der Waals surface area (Å²) in [4.78, 5) is 9.67. The van der Waals surface area contributed by atoms with E-state index in [-0.39, 0.29) is 0 Å². The number of aliphatic hydroxyl groups is 2. The molecule has 3 N–H and O–H groups in total. The number of hydrogen-bond donors (Lipinski definition) is 3. The summed E-state index contributed by atoms with van der Waals surface area (Å²) >= 11 is 0. The van der Waals surface area contributed by atoms with Crippen LogP contribution in [0.15, 0.2) is 11.5 Å². The number of carboxylic acid groups (broad SMARTS) is 1. The van der Waals surface area contributed by atoms with E-state index in [1.807, 2.05) is 0 Å². The molecule has 0 atom stereocenters. The lowest BCUT2D eigenvalue weighted by atomic mass is 10.4. The molecule has 0 spiro atoms. The van der Waals surface area contributed by atoms with Gasteiger partial charge in [-0.2, -0.15) is 0 Å². The lowest BCUT2D eigenvalue weighted by molar-refractivity contribution is -0.135. The molecule has 0 aliphatic rings. The zero-order chi connectivity index (χ0) is 6.73. The fraction of sp³-hybridized carbons (Fsp3) is 0.250. The lowest BCUT2D eigenvalue weighted by Gasteiger charge is -1.90. The van der Waals surface area contributed by atoms with E-state index in [9.17, 15) is 4.79 Å². The van der Waals surface area contributed by atoms with Crippen molar-refractivity contribution in [1.82, 2.24) is 0 Å². The summed E-state index contributed by atoms with van der Waals surface area (Å²) in [6, 6.07) is 0. The summed E-state index contributed by atoms with van der Waals surface area (Å²) in [6.45, 7) is 1.09. The number of rotatable bonds is 1. The maximum atomic E-state index is 9.67. The Morgan fingerprint density at radius 3 is 1.62 bits per heavy atom. The van der Waals surface area contributed by atoms with Crippen LogP contribution in [0, 0.1) is 0 Å². The third kappa shape index (κ3) is 1.51. The highest BCUT2D eigenvalue weighted by atomic mass is 16.4. The van der Waals surface area contributed by atoms with Gasteiger partial charge in [0.1, 0.15) is 5.76 Å². The lowest BCUT2D eigenvalue weighted by Crippen LogP contribution is -2.01. The molecule has 0 bridgehead atoms. The van der Waals surface area contributed by atoms with Gasteiger partial charge in [-0.3, -0.25) is 0 Å². The van der Waals surface area contributed by atoms with E-state index in [0.717, 1.165) is 6.92 Å². The van der Waals surface area contributed by atoms with Gasteiger partial charge in [0, 0.05) is 0 Å². The summed E-state index contributed by atoms with van der Waals surface area (Å²) in [5.41, 5.74) is 0. The highest BCUT2D eigenvalue weighted by molar-refractivity contribution is 5.84. The van der Waals surface area contributed by atoms with E-state index in [4.69, 9.17) is 15.3 Å². The minimum absolute atomic E-state index is 0.586. The number of hydrogen-bond acceptors (Lipinski definition) is 3. The van der Waals surface area contributed by atoms with Gasteiger partial charge in [-0.25, -0.2) is 4.79 Å². The first-order valence-corrected chi connectivity index (χ1v) is 1.87. The van der Waals surface area contributed by atoms with Crippen molar-refractivity contribution in [2.75, 3.05) is 0 Å². The van der Waals surface area contributed by atoms with Crippen molar-refractivity contribution in [3.8, 4) is 0 Å². The summed E-state index contributed by atoms with van der Waals surface area (Å²) in [5, 5.41) is 24.4. The predicted octanol–water partition coefficient (Wildman–Crippen LogP) is 0.419.